The van der Waals surface area contributed by atoms with Crippen LogP contribution in [-0.4, -0.2) is 13.1 Å². The molecule has 0 spiro atoms. The van der Waals surface area contributed by atoms with Crippen molar-refractivity contribution in [2.75, 3.05) is 7.11 Å². The first-order valence-electron chi connectivity index (χ1n) is 5.11. The van der Waals surface area contributed by atoms with E-state index >= 15 is 0 Å². The van der Waals surface area contributed by atoms with Crippen molar-refractivity contribution in [3.05, 3.63) is 52.8 Å². The Morgan fingerprint density at radius 3 is 2.65 bits per heavy atom. The van der Waals surface area contributed by atoms with Crippen molar-refractivity contribution in [3.63, 3.8) is 0 Å². The van der Waals surface area contributed by atoms with E-state index in [0.29, 0.717) is 16.5 Å². The fourth-order valence-electron chi connectivity index (χ4n) is 1.46. The lowest BCUT2D eigenvalue weighted by Gasteiger charge is -2.07. The van der Waals surface area contributed by atoms with Crippen LogP contribution in [0.1, 0.15) is 12.0 Å². The highest BCUT2D eigenvalue weighted by atomic mass is 35.5. The number of benzene rings is 1. The molecule has 0 radical (unpaired) electrons. The van der Waals surface area contributed by atoms with Crippen LogP contribution in [0, 0.1) is 0 Å². The Kier molecular flexibility index (Phi) is 3.49. The molecule has 4 heteroatoms. The summed E-state index contributed by atoms with van der Waals surface area (Å²) in [5, 5.41) is 0.636. The molecule has 1 aromatic rings. The third-order valence-electron chi connectivity index (χ3n) is 2.33. The molecular formula is C13H11ClO3. The van der Waals surface area contributed by atoms with Crippen molar-refractivity contribution in [1.82, 2.24) is 0 Å². The molecule has 0 atom stereocenters. The number of methoxy groups -OCH3 is 1. The van der Waals surface area contributed by atoms with Crippen LogP contribution in [0.2, 0.25) is 5.02 Å². The van der Waals surface area contributed by atoms with Crippen LogP contribution in [0.5, 0.6) is 0 Å². The smallest absolute Gasteiger partial charge is 0.315 e. The quantitative estimate of drug-likeness (QED) is 0.757. The van der Waals surface area contributed by atoms with E-state index in [0.717, 1.165) is 5.56 Å². The van der Waals surface area contributed by atoms with E-state index in [-0.39, 0.29) is 12.4 Å². The van der Waals surface area contributed by atoms with Crippen LogP contribution in [-0.2, 0) is 14.3 Å². The van der Waals surface area contributed by atoms with E-state index in [1.54, 1.807) is 43.5 Å². The molecular weight excluding hydrogens is 240 g/mol. The van der Waals surface area contributed by atoms with Gasteiger partial charge in [-0.15, -0.1) is 0 Å². The number of halogens is 1. The fraction of sp³-hybridized carbons (Fsp3) is 0.154. The molecule has 0 bridgehead atoms. The van der Waals surface area contributed by atoms with Gasteiger partial charge in [0, 0.05) is 16.7 Å². The van der Waals surface area contributed by atoms with Crippen molar-refractivity contribution in [2.24, 2.45) is 0 Å². The van der Waals surface area contributed by atoms with Gasteiger partial charge in [0.15, 0.2) is 0 Å². The third kappa shape index (κ3) is 2.88. The minimum atomic E-state index is -0.307. The maximum atomic E-state index is 11.4. The maximum Gasteiger partial charge on any atom is 0.315 e. The van der Waals surface area contributed by atoms with E-state index in [1.807, 2.05) is 0 Å². The number of cyclic esters (lactones) is 1. The Balaban J connectivity index is 2.35. The Bertz CT molecular complexity index is 486. The van der Waals surface area contributed by atoms with Gasteiger partial charge in [-0.25, -0.2) is 0 Å². The monoisotopic (exact) mass is 250 g/mol. The van der Waals surface area contributed by atoms with Gasteiger partial charge in [-0.1, -0.05) is 11.6 Å². The molecule has 3 nitrogen and oxygen atoms in total. The molecule has 0 N–H and O–H groups in total. The lowest BCUT2D eigenvalue weighted by atomic mass is 10.2. The summed E-state index contributed by atoms with van der Waals surface area (Å²) < 4.78 is 10.3. The lowest BCUT2D eigenvalue weighted by Crippen LogP contribution is -2.00. The molecule has 17 heavy (non-hydrogen) atoms. The first-order valence-corrected chi connectivity index (χ1v) is 5.49. The second-order valence-corrected chi connectivity index (χ2v) is 3.94. The number of carbonyl (C=O) groups is 1. The summed E-state index contributed by atoms with van der Waals surface area (Å²) in [6.07, 6.45) is 3.58. The largest absolute Gasteiger partial charge is 0.497 e. The third-order valence-corrected chi connectivity index (χ3v) is 2.58. The second kappa shape index (κ2) is 5.06. The van der Waals surface area contributed by atoms with Gasteiger partial charge in [0.1, 0.15) is 11.5 Å². The minimum absolute atomic E-state index is 0.205. The summed E-state index contributed by atoms with van der Waals surface area (Å²) in [6, 6.07) is 7.07. The minimum Gasteiger partial charge on any atom is -0.497 e. The van der Waals surface area contributed by atoms with E-state index < -0.39 is 0 Å². The Hall–Kier alpha value is -1.74. The zero-order valence-electron chi connectivity index (χ0n) is 9.27. The van der Waals surface area contributed by atoms with Crippen LogP contribution in [0.3, 0.4) is 0 Å². The predicted molar refractivity (Wildman–Crippen MR) is 65.2 cm³/mol. The number of carbonyl (C=O) groups excluding carboxylic acids is 1. The molecule has 0 saturated carbocycles. The number of ether oxygens (including phenoxy) is 2. The first kappa shape index (κ1) is 11.7. The van der Waals surface area contributed by atoms with Gasteiger partial charge in [0.05, 0.1) is 13.5 Å². The Morgan fingerprint density at radius 1 is 1.29 bits per heavy atom. The summed E-state index contributed by atoms with van der Waals surface area (Å²) in [5.74, 6) is 0.774. The number of esters is 1. The first-order chi connectivity index (χ1) is 8.19. The normalized spacial score (nSPS) is 15.5. The molecule has 2 rings (SSSR count). The van der Waals surface area contributed by atoms with Gasteiger partial charge in [0.2, 0.25) is 0 Å². The SMILES string of the molecule is COC1=CCC(=O)OC(c2ccc(Cl)cc2)=C1. The Labute approximate surface area is 104 Å². The van der Waals surface area contributed by atoms with Gasteiger partial charge < -0.3 is 9.47 Å². The Morgan fingerprint density at radius 2 is 2.00 bits per heavy atom. The topological polar surface area (TPSA) is 35.5 Å². The zero-order valence-corrected chi connectivity index (χ0v) is 10.0. The fourth-order valence-corrected chi connectivity index (χ4v) is 1.59. The highest BCUT2D eigenvalue weighted by Gasteiger charge is 2.13. The standard InChI is InChI=1S/C13H11ClO3/c1-16-11-6-7-13(15)17-12(8-11)9-2-4-10(14)5-3-9/h2-6,8H,7H2,1H3. The number of hydrogen-bond acceptors (Lipinski definition) is 3. The molecule has 0 aromatic heterocycles. The molecule has 1 aromatic carbocycles. The maximum absolute atomic E-state index is 11.4. The van der Waals surface area contributed by atoms with E-state index in [9.17, 15) is 4.79 Å². The van der Waals surface area contributed by atoms with Gasteiger partial charge >= 0.3 is 5.97 Å². The lowest BCUT2D eigenvalue weighted by molar-refractivity contribution is -0.135. The van der Waals surface area contributed by atoms with Crippen LogP contribution in [0.25, 0.3) is 5.76 Å². The van der Waals surface area contributed by atoms with Crippen LogP contribution >= 0.6 is 11.6 Å². The van der Waals surface area contributed by atoms with E-state index in [2.05, 4.69) is 0 Å². The van der Waals surface area contributed by atoms with Gasteiger partial charge in [-0.3, -0.25) is 4.79 Å². The molecule has 0 amide bonds. The highest BCUT2D eigenvalue weighted by Crippen LogP contribution is 2.23. The summed E-state index contributed by atoms with van der Waals surface area (Å²) in [5.41, 5.74) is 0.785. The average Bonchev–Trinajstić information content (AvgIpc) is 2.52. The van der Waals surface area contributed by atoms with E-state index in [4.69, 9.17) is 21.1 Å². The number of allylic oxidation sites excluding steroid dienone is 1. The van der Waals surface area contributed by atoms with Gasteiger partial charge in [-0.2, -0.15) is 0 Å². The van der Waals surface area contributed by atoms with Crippen molar-refractivity contribution in [1.29, 1.82) is 0 Å². The average molecular weight is 251 g/mol. The zero-order chi connectivity index (χ0) is 12.3. The molecule has 1 aliphatic heterocycles. The molecule has 1 heterocycles. The van der Waals surface area contributed by atoms with Crippen molar-refractivity contribution >= 4 is 23.3 Å². The van der Waals surface area contributed by atoms with Crippen molar-refractivity contribution < 1.29 is 14.3 Å². The van der Waals surface area contributed by atoms with Crippen molar-refractivity contribution in [3.8, 4) is 0 Å². The molecule has 0 saturated heterocycles. The molecule has 0 fully saturated rings. The number of rotatable bonds is 2. The molecule has 1 aliphatic rings. The molecule has 88 valence electrons. The molecule has 0 aliphatic carbocycles. The van der Waals surface area contributed by atoms with Gasteiger partial charge in [0.25, 0.3) is 0 Å². The number of hydrogen-bond donors (Lipinski definition) is 0. The summed E-state index contributed by atoms with van der Waals surface area (Å²) in [7, 11) is 1.55. The highest BCUT2D eigenvalue weighted by molar-refractivity contribution is 6.30. The van der Waals surface area contributed by atoms with Crippen LogP contribution in [0.4, 0.5) is 0 Å². The van der Waals surface area contributed by atoms with Crippen LogP contribution in [0.15, 0.2) is 42.2 Å². The van der Waals surface area contributed by atoms with E-state index in [1.165, 1.54) is 0 Å². The second-order valence-electron chi connectivity index (χ2n) is 3.50. The van der Waals surface area contributed by atoms with Crippen molar-refractivity contribution in [2.45, 2.75) is 6.42 Å². The van der Waals surface area contributed by atoms with Crippen LogP contribution < -0.4 is 0 Å². The predicted octanol–water partition coefficient (Wildman–Crippen LogP) is 3.16. The molecule has 0 unspecified atom stereocenters. The summed E-state index contributed by atoms with van der Waals surface area (Å²) in [6.45, 7) is 0. The summed E-state index contributed by atoms with van der Waals surface area (Å²) >= 11 is 5.80. The summed E-state index contributed by atoms with van der Waals surface area (Å²) in [4.78, 5) is 11.4. The van der Waals surface area contributed by atoms with Gasteiger partial charge in [-0.05, 0) is 30.3 Å².